The summed E-state index contributed by atoms with van der Waals surface area (Å²) in [5, 5.41) is 0. The molecule has 0 unspecified atom stereocenters. The summed E-state index contributed by atoms with van der Waals surface area (Å²) in [7, 11) is 0. The average molecular weight is 257 g/mol. The number of imide groups is 1. The first-order valence-corrected chi connectivity index (χ1v) is 6.71. The van der Waals surface area contributed by atoms with E-state index in [1.165, 1.54) is 17.1 Å². The van der Waals surface area contributed by atoms with Crippen LogP contribution in [0.2, 0.25) is 0 Å². The van der Waals surface area contributed by atoms with Crippen molar-refractivity contribution in [2.24, 2.45) is 5.92 Å². The zero-order chi connectivity index (χ0) is 14.0. The molecule has 0 atom stereocenters. The number of amides is 2. The van der Waals surface area contributed by atoms with Crippen LogP contribution in [0.5, 0.6) is 0 Å². The van der Waals surface area contributed by atoms with E-state index >= 15 is 0 Å². The number of para-hydroxylation sites is 1. The van der Waals surface area contributed by atoms with E-state index in [1.54, 1.807) is 0 Å². The molecule has 19 heavy (non-hydrogen) atoms. The smallest absolute Gasteiger partial charge is 0.258 e. The van der Waals surface area contributed by atoms with E-state index in [9.17, 15) is 9.59 Å². The van der Waals surface area contributed by atoms with E-state index in [0.29, 0.717) is 5.92 Å². The Labute approximate surface area is 113 Å². The quantitative estimate of drug-likeness (QED) is 0.778. The zero-order valence-electron chi connectivity index (χ0n) is 11.6. The number of hydrogen-bond acceptors (Lipinski definition) is 2. The molecule has 2 rings (SSSR count). The third kappa shape index (κ3) is 2.60. The van der Waals surface area contributed by atoms with Gasteiger partial charge in [-0.25, -0.2) is 4.90 Å². The SMILES string of the molecule is CCc1cccc(CC(C)C)c1N1C(=O)C=CC1=O. The molecule has 1 heterocycles. The first-order chi connectivity index (χ1) is 9.04. The van der Waals surface area contributed by atoms with Crippen LogP contribution in [0.1, 0.15) is 31.9 Å². The molecule has 0 saturated carbocycles. The highest BCUT2D eigenvalue weighted by Gasteiger charge is 2.28. The molecular weight excluding hydrogens is 238 g/mol. The van der Waals surface area contributed by atoms with Gasteiger partial charge in [0.2, 0.25) is 0 Å². The Kier molecular flexibility index (Phi) is 3.84. The molecular formula is C16H19NO2. The highest BCUT2D eigenvalue weighted by Crippen LogP contribution is 2.30. The van der Waals surface area contributed by atoms with Gasteiger partial charge in [-0.2, -0.15) is 0 Å². The third-order valence-electron chi connectivity index (χ3n) is 3.25. The van der Waals surface area contributed by atoms with Crippen LogP contribution in [0.4, 0.5) is 5.69 Å². The van der Waals surface area contributed by atoms with Crippen molar-refractivity contribution in [3.63, 3.8) is 0 Å². The van der Waals surface area contributed by atoms with Crippen molar-refractivity contribution >= 4 is 17.5 Å². The number of anilines is 1. The molecule has 0 radical (unpaired) electrons. The molecule has 0 aromatic heterocycles. The number of nitrogens with zero attached hydrogens (tertiary/aromatic N) is 1. The van der Waals surface area contributed by atoms with Crippen LogP contribution in [-0.2, 0) is 22.4 Å². The van der Waals surface area contributed by atoms with E-state index in [-0.39, 0.29) is 11.8 Å². The van der Waals surface area contributed by atoms with Gasteiger partial charge in [-0.3, -0.25) is 9.59 Å². The molecule has 2 amide bonds. The van der Waals surface area contributed by atoms with Gasteiger partial charge in [-0.1, -0.05) is 39.0 Å². The predicted molar refractivity (Wildman–Crippen MR) is 76.0 cm³/mol. The average Bonchev–Trinajstić information content (AvgIpc) is 2.68. The molecule has 1 aliphatic rings. The van der Waals surface area contributed by atoms with Gasteiger partial charge >= 0.3 is 0 Å². The van der Waals surface area contributed by atoms with Crippen molar-refractivity contribution < 1.29 is 9.59 Å². The van der Waals surface area contributed by atoms with Crippen LogP contribution in [0, 0.1) is 5.92 Å². The Bertz CT molecular complexity index is 526. The molecule has 1 aliphatic heterocycles. The highest BCUT2D eigenvalue weighted by molar-refractivity contribution is 6.28. The van der Waals surface area contributed by atoms with Gasteiger partial charge in [0.05, 0.1) is 5.69 Å². The lowest BCUT2D eigenvalue weighted by Gasteiger charge is -2.22. The minimum atomic E-state index is -0.240. The van der Waals surface area contributed by atoms with Gasteiger partial charge < -0.3 is 0 Å². The Hall–Kier alpha value is -1.90. The molecule has 0 aliphatic carbocycles. The lowest BCUT2D eigenvalue weighted by Crippen LogP contribution is -2.31. The van der Waals surface area contributed by atoms with Gasteiger partial charge in [0.1, 0.15) is 0 Å². The Balaban J connectivity index is 2.52. The van der Waals surface area contributed by atoms with Crippen molar-refractivity contribution in [2.75, 3.05) is 4.90 Å². The number of benzene rings is 1. The Morgan fingerprint density at radius 2 is 1.63 bits per heavy atom. The zero-order valence-corrected chi connectivity index (χ0v) is 11.6. The van der Waals surface area contributed by atoms with E-state index in [4.69, 9.17) is 0 Å². The summed E-state index contributed by atoms with van der Waals surface area (Å²) in [6, 6.07) is 5.99. The van der Waals surface area contributed by atoms with Gasteiger partial charge in [-0.05, 0) is 29.9 Å². The lowest BCUT2D eigenvalue weighted by atomic mass is 9.96. The molecule has 0 N–H and O–H groups in total. The topological polar surface area (TPSA) is 37.4 Å². The second kappa shape index (κ2) is 5.39. The van der Waals surface area contributed by atoms with E-state index in [0.717, 1.165) is 29.7 Å². The normalized spacial score (nSPS) is 14.8. The minimum Gasteiger partial charge on any atom is -0.269 e. The number of carbonyl (C=O) groups is 2. The fourth-order valence-electron chi connectivity index (χ4n) is 2.44. The van der Waals surface area contributed by atoms with Gasteiger partial charge in [-0.15, -0.1) is 0 Å². The summed E-state index contributed by atoms with van der Waals surface area (Å²) in [5.41, 5.74) is 2.90. The second-order valence-electron chi connectivity index (χ2n) is 5.22. The van der Waals surface area contributed by atoms with Crippen LogP contribution in [0.3, 0.4) is 0 Å². The van der Waals surface area contributed by atoms with Crippen molar-refractivity contribution in [1.29, 1.82) is 0 Å². The third-order valence-corrected chi connectivity index (χ3v) is 3.25. The van der Waals surface area contributed by atoms with Crippen molar-refractivity contribution in [3.8, 4) is 0 Å². The highest BCUT2D eigenvalue weighted by atomic mass is 16.2. The number of aryl methyl sites for hydroxylation is 1. The fraction of sp³-hybridized carbons (Fsp3) is 0.375. The first-order valence-electron chi connectivity index (χ1n) is 6.71. The molecule has 0 saturated heterocycles. The van der Waals surface area contributed by atoms with Crippen LogP contribution < -0.4 is 4.90 Å². The van der Waals surface area contributed by atoms with Crippen LogP contribution in [-0.4, -0.2) is 11.8 Å². The number of hydrogen-bond donors (Lipinski definition) is 0. The minimum absolute atomic E-state index is 0.240. The molecule has 1 aromatic carbocycles. The van der Waals surface area contributed by atoms with E-state index in [2.05, 4.69) is 13.8 Å². The molecule has 0 fully saturated rings. The summed E-state index contributed by atoms with van der Waals surface area (Å²) in [5.74, 6) is -0.00145. The fourth-order valence-corrected chi connectivity index (χ4v) is 2.44. The van der Waals surface area contributed by atoms with E-state index < -0.39 is 0 Å². The van der Waals surface area contributed by atoms with Crippen LogP contribution in [0.25, 0.3) is 0 Å². The maximum absolute atomic E-state index is 11.9. The predicted octanol–water partition coefficient (Wildman–Crippen LogP) is 2.88. The maximum atomic E-state index is 11.9. The van der Waals surface area contributed by atoms with Gasteiger partial charge in [0.15, 0.2) is 0 Å². The van der Waals surface area contributed by atoms with Gasteiger partial charge in [0.25, 0.3) is 11.8 Å². The second-order valence-corrected chi connectivity index (χ2v) is 5.22. The van der Waals surface area contributed by atoms with Crippen molar-refractivity contribution in [2.45, 2.75) is 33.6 Å². The van der Waals surface area contributed by atoms with E-state index in [1.807, 2.05) is 25.1 Å². The standard InChI is InChI=1S/C16H19NO2/c1-4-12-6-5-7-13(10-11(2)3)16(12)17-14(18)8-9-15(17)19/h5-9,11H,4,10H2,1-3H3. The largest absolute Gasteiger partial charge is 0.269 e. The van der Waals surface area contributed by atoms with Crippen LogP contribution in [0.15, 0.2) is 30.4 Å². The molecule has 0 bridgehead atoms. The monoisotopic (exact) mass is 257 g/mol. The summed E-state index contributed by atoms with van der Waals surface area (Å²) < 4.78 is 0. The van der Waals surface area contributed by atoms with Gasteiger partial charge in [0, 0.05) is 12.2 Å². The molecule has 100 valence electrons. The maximum Gasteiger partial charge on any atom is 0.258 e. The van der Waals surface area contributed by atoms with Crippen molar-refractivity contribution in [3.05, 3.63) is 41.5 Å². The lowest BCUT2D eigenvalue weighted by molar-refractivity contribution is -0.120. The Morgan fingerprint density at radius 3 is 2.16 bits per heavy atom. The first kappa shape index (κ1) is 13.5. The molecule has 3 heteroatoms. The summed E-state index contributed by atoms with van der Waals surface area (Å²) >= 11 is 0. The molecule has 0 spiro atoms. The summed E-state index contributed by atoms with van der Waals surface area (Å²) in [6.45, 7) is 6.30. The summed E-state index contributed by atoms with van der Waals surface area (Å²) in [6.07, 6.45) is 4.35. The summed E-state index contributed by atoms with van der Waals surface area (Å²) in [4.78, 5) is 25.1. The number of carbonyl (C=O) groups excluding carboxylic acids is 2. The van der Waals surface area contributed by atoms with Crippen molar-refractivity contribution in [1.82, 2.24) is 0 Å². The Morgan fingerprint density at radius 1 is 1.05 bits per heavy atom. The number of rotatable bonds is 4. The molecule has 1 aromatic rings. The molecule has 3 nitrogen and oxygen atoms in total. The van der Waals surface area contributed by atoms with Crippen LogP contribution >= 0.6 is 0 Å².